The van der Waals surface area contributed by atoms with Crippen molar-refractivity contribution in [3.63, 3.8) is 0 Å². The molecule has 0 aliphatic rings. The van der Waals surface area contributed by atoms with Crippen LogP contribution in [0.15, 0.2) is 77.0 Å². The van der Waals surface area contributed by atoms with Crippen molar-refractivity contribution in [1.82, 2.24) is 9.62 Å². The largest absolute Gasteiger partial charge is 0.342 e. The number of hydrogen-bond donors (Lipinski definition) is 1. The molecule has 0 fully saturated rings. The first kappa shape index (κ1) is 21.2. The second-order valence-corrected chi connectivity index (χ2v) is 9.54. The molecule has 0 saturated carbocycles. The van der Waals surface area contributed by atoms with Gasteiger partial charge in [0.1, 0.15) is 0 Å². The van der Waals surface area contributed by atoms with Gasteiger partial charge in [0.15, 0.2) is 0 Å². The molecule has 0 aliphatic heterocycles. The molecular formula is C22H24N2O3S2. The summed E-state index contributed by atoms with van der Waals surface area (Å²) in [5.74, 6) is -0.117. The van der Waals surface area contributed by atoms with Gasteiger partial charge in [0.2, 0.25) is 10.0 Å². The van der Waals surface area contributed by atoms with Crippen LogP contribution in [-0.4, -0.2) is 32.8 Å². The molecule has 3 rings (SSSR count). The van der Waals surface area contributed by atoms with E-state index in [9.17, 15) is 13.2 Å². The van der Waals surface area contributed by atoms with Crippen LogP contribution in [-0.2, 0) is 23.0 Å². The molecule has 3 aromatic rings. The Kier molecular flexibility index (Phi) is 7.19. The summed E-state index contributed by atoms with van der Waals surface area (Å²) in [4.78, 5) is 15.4. The highest BCUT2D eigenvalue weighted by molar-refractivity contribution is 7.89. The molecule has 29 heavy (non-hydrogen) atoms. The van der Waals surface area contributed by atoms with Gasteiger partial charge in [0.05, 0.1) is 4.90 Å². The van der Waals surface area contributed by atoms with Gasteiger partial charge < -0.3 is 4.90 Å². The first-order chi connectivity index (χ1) is 14.0. The zero-order valence-electron chi connectivity index (χ0n) is 16.2. The number of sulfonamides is 1. The maximum absolute atomic E-state index is 12.6. The summed E-state index contributed by atoms with van der Waals surface area (Å²) in [7, 11) is -1.85. The monoisotopic (exact) mass is 428 g/mol. The molecular weight excluding hydrogens is 404 g/mol. The van der Waals surface area contributed by atoms with Gasteiger partial charge in [-0.05, 0) is 54.1 Å². The lowest BCUT2D eigenvalue weighted by Crippen LogP contribution is -2.28. The van der Waals surface area contributed by atoms with Crippen molar-refractivity contribution in [2.45, 2.75) is 24.3 Å². The molecule has 1 N–H and O–H groups in total. The Bertz CT molecular complexity index is 1020. The molecule has 0 atom stereocenters. The molecule has 1 heterocycles. The quantitative estimate of drug-likeness (QED) is 0.562. The number of thiophene rings is 1. The van der Waals surface area contributed by atoms with E-state index < -0.39 is 10.0 Å². The fourth-order valence-corrected chi connectivity index (χ4v) is 4.67. The van der Waals surface area contributed by atoms with E-state index in [1.807, 2.05) is 35.7 Å². The third-order valence-electron chi connectivity index (χ3n) is 4.58. The summed E-state index contributed by atoms with van der Waals surface area (Å²) in [6.07, 6.45) is 1.77. The highest BCUT2D eigenvalue weighted by Crippen LogP contribution is 2.14. The van der Waals surface area contributed by atoms with Crippen molar-refractivity contribution in [2.75, 3.05) is 13.6 Å². The van der Waals surface area contributed by atoms with E-state index in [0.717, 1.165) is 17.7 Å². The average Bonchev–Trinajstić information content (AvgIpc) is 3.26. The number of amides is 1. The van der Waals surface area contributed by atoms with E-state index in [1.165, 1.54) is 29.0 Å². The third-order valence-corrected chi connectivity index (χ3v) is 6.87. The maximum atomic E-state index is 12.6. The Morgan fingerprint density at radius 1 is 1.00 bits per heavy atom. The van der Waals surface area contributed by atoms with Crippen LogP contribution in [0.2, 0.25) is 0 Å². The van der Waals surface area contributed by atoms with E-state index in [0.29, 0.717) is 12.1 Å². The van der Waals surface area contributed by atoms with Crippen molar-refractivity contribution in [3.05, 3.63) is 88.1 Å². The third kappa shape index (κ3) is 6.00. The normalized spacial score (nSPS) is 11.3. The number of aryl methyl sites for hydroxylation is 1. The first-order valence-electron chi connectivity index (χ1n) is 9.37. The lowest BCUT2D eigenvalue weighted by Gasteiger charge is -2.17. The number of nitrogens with one attached hydrogen (secondary N) is 1. The topological polar surface area (TPSA) is 66.5 Å². The second kappa shape index (κ2) is 9.82. The summed E-state index contributed by atoms with van der Waals surface area (Å²) in [5.41, 5.74) is 1.72. The van der Waals surface area contributed by atoms with Gasteiger partial charge in [-0.3, -0.25) is 4.79 Å². The Morgan fingerprint density at radius 3 is 2.38 bits per heavy atom. The Labute approximate surface area is 176 Å². The fraction of sp³-hybridized carbons (Fsp3) is 0.227. The molecule has 0 aliphatic carbocycles. The fourth-order valence-electron chi connectivity index (χ4n) is 2.93. The van der Waals surface area contributed by atoms with Gasteiger partial charge in [-0.25, -0.2) is 13.1 Å². The van der Waals surface area contributed by atoms with Crippen LogP contribution >= 0.6 is 11.3 Å². The van der Waals surface area contributed by atoms with Crippen molar-refractivity contribution in [2.24, 2.45) is 0 Å². The zero-order chi connectivity index (χ0) is 20.7. The van der Waals surface area contributed by atoms with Gasteiger partial charge >= 0.3 is 0 Å². The van der Waals surface area contributed by atoms with Crippen LogP contribution in [0, 0.1) is 0 Å². The van der Waals surface area contributed by atoms with Crippen LogP contribution < -0.4 is 4.72 Å². The van der Waals surface area contributed by atoms with Gasteiger partial charge in [-0.2, -0.15) is 0 Å². The predicted molar refractivity (Wildman–Crippen MR) is 117 cm³/mol. The van der Waals surface area contributed by atoms with Crippen LogP contribution in [0.3, 0.4) is 0 Å². The second-order valence-electron chi connectivity index (χ2n) is 6.74. The lowest BCUT2D eigenvalue weighted by atomic mass is 10.1. The standard InChI is InChI=1S/C22H24N2O3S2/c1-24(15-5-9-18-7-3-2-4-8-18)22(25)19-11-13-21(14-12-19)29(26,27)23-17-20-10-6-16-28-20/h2-4,6-8,10-14,16,23H,5,9,15,17H2,1H3. The van der Waals surface area contributed by atoms with Crippen molar-refractivity contribution >= 4 is 27.3 Å². The number of rotatable bonds is 9. The van der Waals surface area contributed by atoms with E-state index in [4.69, 9.17) is 0 Å². The Balaban J connectivity index is 1.54. The maximum Gasteiger partial charge on any atom is 0.253 e. The van der Waals surface area contributed by atoms with Crippen molar-refractivity contribution in [3.8, 4) is 0 Å². The zero-order valence-corrected chi connectivity index (χ0v) is 17.9. The number of hydrogen-bond acceptors (Lipinski definition) is 4. The lowest BCUT2D eigenvalue weighted by molar-refractivity contribution is 0.0793. The molecule has 0 saturated heterocycles. The van der Waals surface area contributed by atoms with Gasteiger partial charge in [0.25, 0.3) is 5.91 Å². The number of carbonyl (C=O) groups excluding carboxylic acids is 1. The number of nitrogens with zero attached hydrogens (tertiary/aromatic N) is 1. The summed E-state index contributed by atoms with van der Waals surface area (Å²) in [5, 5.41) is 1.90. The number of benzene rings is 2. The SMILES string of the molecule is CN(CCCc1ccccc1)C(=O)c1ccc(S(=O)(=O)NCc2cccs2)cc1. The molecule has 0 unspecified atom stereocenters. The predicted octanol–water partition coefficient (Wildman–Crippen LogP) is 3.93. The summed E-state index contributed by atoms with van der Waals surface area (Å²) in [6, 6.07) is 20.0. The van der Waals surface area contributed by atoms with E-state index in [2.05, 4.69) is 16.9 Å². The van der Waals surface area contributed by atoms with Crippen LogP contribution in [0.25, 0.3) is 0 Å². The Hall–Kier alpha value is -2.48. The minimum Gasteiger partial charge on any atom is -0.342 e. The summed E-state index contributed by atoms with van der Waals surface area (Å²) >= 11 is 1.50. The van der Waals surface area contributed by atoms with Gasteiger partial charge in [-0.1, -0.05) is 36.4 Å². The Morgan fingerprint density at radius 2 is 1.72 bits per heavy atom. The molecule has 0 spiro atoms. The molecule has 2 aromatic carbocycles. The molecule has 0 radical (unpaired) electrons. The number of carbonyl (C=O) groups is 1. The summed E-state index contributed by atoms with van der Waals surface area (Å²) in [6.45, 7) is 0.890. The molecule has 1 amide bonds. The van der Waals surface area contributed by atoms with Crippen LogP contribution in [0.1, 0.15) is 27.2 Å². The summed E-state index contributed by atoms with van der Waals surface area (Å²) < 4.78 is 27.4. The molecule has 1 aromatic heterocycles. The van der Waals surface area contributed by atoms with E-state index in [-0.39, 0.29) is 17.3 Å². The van der Waals surface area contributed by atoms with Gasteiger partial charge in [-0.15, -0.1) is 11.3 Å². The molecule has 152 valence electrons. The average molecular weight is 429 g/mol. The van der Waals surface area contributed by atoms with Gasteiger partial charge in [0, 0.05) is 30.6 Å². The van der Waals surface area contributed by atoms with Crippen molar-refractivity contribution in [1.29, 1.82) is 0 Å². The molecule has 0 bridgehead atoms. The van der Waals surface area contributed by atoms with E-state index in [1.54, 1.807) is 24.1 Å². The van der Waals surface area contributed by atoms with Crippen LogP contribution in [0.4, 0.5) is 0 Å². The molecule has 5 nitrogen and oxygen atoms in total. The van der Waals surface area contributed by atoms with Crippen molar-refractivity contribution < 1.29 is 13.2 Å². The minimum atomic E-state index is -3.61. The minimum absolute atomic E-state index is 0.117. The van der Waals surface area contributed by atoms with Crippen LogP contribution in [0.5, 0.6) is 0 Å². The highest BCUT2D eigenvalue weighted by atomic mass is 32.2. The smallest absolute Gasteiger partial charge is 0.253 e. The first-order valence-corrected chi connectivity index (χ1v) is 11.7. The van der Waals surface area contributed by atoms with E-state index >= 15 is 0 Å². The molecule has 7 heteroatoms. The highest BCUT2D eigenvalue weighted by Gasteiger charge is 2.16.